The van der Waals surface area contributed by atoms with Gasteiger partial charge in [-0.3, -0.25) is 0 Å². The minimum atomic E-state index is -1.18. The summed E-state index contributed by atoms with van der Waals surface area (Å²) in [7, 11) is 1.68. The number of benzene rings is 2. The second-order valence-electron chi connectivity index (χ2n) is 7.14. The molecule has 27 heavy (non-hydrogen) atoms. The Kier molecular flexibility index (Phi) is 6.39. The molecule has 1 saturated heterocycles. The predicted molar refractivity (Wildman–Crippen MR) is 99.4 cm³/mol. The predicted octanol–water partition coefficient (Wildman–Crippen LogP) is 3.86. The first-order valence-electron chi connectivity index (χ1n) is 9.22. The van der Waals surface area contributed by atoms with Gasteiger partial charge in [-0.05, 0) is 55.6 Å². The van der Waals surface area contributed by atoms with Gasteiger partial charge in [0.1, 0.15) is 11.6 Å². The van der Waals surface area contributed by atoms with Crippen molar-refractivity contribution in [2.24, 2.45) is 5.73 Å². The van der Waals surface area contributed by atoms with Crippen molar-refractivity contribution in [1.82, 2.24) is 4.90 Å². The zero-order chi connectivity index (χ0) is 19.4. The summed E-state index contributed by atoms with van der Waals surface area (Å²) in [4.78, 5) is 2.33. The van der Waals surface area contributed by atoms with Crippen LogP contribution in [0.15, 0.2) is 36.4 Å². The minimum absolute atomic E-state index is 0.120. The molecule has 0 aliphatic carbocycles. The van der Waals surface area contributed by atoms with E-state index in [1.807, 2.05) is 18.2 Å². The largest absolute Gasteiger partial charge is 0.496 e. The van der Waals surface area contributed by atoms with E-state index < -0.39 is 17.5 Å². The summed E-state index contributed by atoms with van der Waals surface area (Å²) in [5.41, 5.74) is 7.44. The fourth-order valence-corrected chi connectivity index (χ4v) is 3.75. The highest BCUT2D eigenvalue weighted by Gasteiger charge is 2.26. The standard InChI is InChI=1S/C21H25F3N2O/c1-27-21-5-3-2-4-17(21)14-6-8-26(13-14)9-7-16(25)10-15-11-19(23)20(24)12-18(15)22/h2-5,11-12,14,16H,6-10,13,25H2,1H3. The minimum Gasteiger partial charge on any atom is -0.496 e. The number of nitrogens with zero attached hydrogens (tertiary/aromatic N) is 1. The maximum absolute atomic E-state index is 13.8. The molecule has 2 aromatic carbocycles. The van der Waals surface area contributed by atoms with Crippen LogP contribution in [0.2, 0.25) is 0 Å². The van der Waals surface area contributed by atoms with Gasteiger partial charge in [0, 0.05) is 24.6 Å². The molecular formula is C21H25F3N2O. The summed E-state index contributed by atoms with van der Waals surface area (Å²) in [5, 5.41) is 0. The molecule has 0 radical (unpaired) electrons. The monoisotopic (exact) mass is 378 g/mol. The molecule has 0 spiro atoms. The van der Waals surface area contributed by atoms with Crippen LogP contribution in [0.1, 0.15) is 29.9 Å². The molecule has 1 heterocycles. The Balaban J connectivity index is 1.51. The third-order valence-electron chi connectivity index (χ3n) is 5.24. The van der Waals surface area contributed by atoms with Gasteiger partial charge in [0.15, 0.2) is 11.6 Å². The molecular weight excluding hydrogens is 353 g/mol. The van der Waals surface area contributed by atoms with Crippen molar-refractivity contribution in [3.05, 3.63) is 65.0 Å². The normalized spacial score (nSPS) is 18.6. The van der Waals surface area contributed by atoms with E-state index in [0.717, 1.165) is 37.9 Å². The van der Waals surface area contributed by atoms with Crippen molar-refractivity contribution in [3.8, 4) is 5.75 Å². The van der Waals surface area contributed by atoms with Gasteiger partial charge in [-0.2, -0.15) is 0 Å². The third-order valence-corrected chi connectivity index (χ3v) is 5.24. The zero-order valence-electron chi connectivity index (χ0n) is 15.4. The van der Waals surface area contributed by atoms with Crippen LogP contribution in [0.3, 0.4) is 0 Å². The second kappa shape index (κ2) is 8.76. The lowest BCUT2D eigenvalue weighted by atomic mass is 9.97. The van der Waals surface area contributed by atoms with E-state index in [-0.39, 0.29) is 18.0 Å². The molecule has 3 rings (SSSR count). The number of para-hydroxylation sites is 1. The number of hydrogen-bond acceptors (Lipinski definition) is 3. The number of rotatable bonds is 7. The van der Waals surface area contributed by atoms with Crippen LogP contribution in [-0.2, 0) is 6.42 Å². The summed E-state index contributed by atoms with van der Waals surface area (Å²) >= 11 is 0. The van der Waals surface area contributed by atoms with Gasteiger partial charge in [0.2, 0.25) is 0 Å². The lowest BCUT2D eigenvalue weighted by Gasteiger charge is -2.20. The second-order valence-corrected chi connectivity index (χ2v) is 7.14. The van der Waals surface area contributed by atoms with Gasteiger partial charge in [0.05, 0.1) is 7.11 Å². The van der Waals surface area contributed by atoms with E-state index in [9.17, 15) is 13.2 Å². The lowest BCUT2D eigenvalue weighted by Crippen LogP contribution is -2.31. The van der Waals surface area contributed by atoms with Crippen molar-refractivity contribution in [1.29, 1.82) is 0 Å². The Morgan fingerprint density at radius 3 is 2.67 bits per heavy atom. The molecule has 1 aliphatic heterocycles. The van der Waals surface area contributed by atoms with E-state index in [1.165, 1.54) is 5.56 Å². The van der Waals surface area contributed by atoms with Crippen LogP contribution in [-0.4, -0.2) is 37.7 Å². The Hall–Kier alpha value is -2.05. The van der Waals surface area contributed by atoms with Crippen molar-refractivity contribution in [2.45, 2.75) is 31.2 Å². The van der Waals surface area contributed by atoms with Gasteiger partial charge in [-0.1, -0.05) is 18.2 Å². The van der Waals surface area contributed by atoms with Gasteiger partial charge in [-0.25, -0.2) is 13.2 Å². The molecule has 0 saturated carbocycles. The van der Waals surface area contributed by atoms with E-state index in [0.29, 0.717) is 18.4 Å². The van der Waals surface area contributed by atoms with Gasteiger partial charge < -0.3 is 15.4 Å². The smallest absolute Gasteiger partial charge is 0.161 e. The number of methoxy groups -OCH3 is 1. The van der Waals surface area contributed by atoms with Crippen LogP contribution < -0.4 is 10.5 Å². The topological polar surface area (TPSA) is 38.5 Å². The summed E-state index contributed by atoms with van der Waals surface area (Å²) in [6, 6.07) is 9.23. The first kappa shape index (κ1) is 19.7. The highest BCUT2D eigenvalue weighted by Crippen LogP contribution is 2.33. The van der Waals surface area contributed by atoms with Gasteiger partial charge in [0.25, 0.3) is 0 Å². The summed E-state index contributed by atoms with van der Waals surface area (Å²) in [6.07, 6.45) is 1.90. The number of hydrogen-bond donors (Lipinski definition) is 1. The Morgan fingerprint density at radius 1 is 1.15 bits per heavy atom. The molecule has 2 N–H and O–H groups in total. The van der Waals surface area contributed by atoms with Crippen LogP contribution in [0, 0.1) is 17.5 Å². The lowest BCUT2D eigenvalue weighted by molar-refractivity contribution is 0.315. The SMILES string of the molecule is COc1ccccc1C1CCN(CCC(N)Cc2cc(F)c(F)cc2F)C1. The van der Waals surface area contributed by atoms with Crippen LogP contribution in [0.4, 0.5) is 13.2 Å². The molecule has 0 aromatic heterocycles. The zero-order valence-corrected chi connectivity index (χ0v) is 15.4. The van der Waals surface area contributed by atoms with Crippen molar-refractivity contribution >= 4 is 0 Å². The number of halogens is 3. The molecule has 2 atom stereocenters. The van der Waals surface area contributed by atoms with E-state index in [2.05, 4.69) is 11.0 Å². The van der Waals surface area contributed by atoms with Gasteiger partial charge >= 0.3 is 0 Å². The summed E-state index contributed by atoms with van der Waals surface area (Å²) in [5.74, 6) is -1.64. The van der Waals surface area contributed by atoms with Crippen LogP contribution >= 0.6 is 0 Å². The first-order valence-corrected chi connectivity index (χ1v) is 9.22. The fraction of sp³-hybridized carbons (Fsp3) is 0.429. The number of ether oxygens (including phenoxy) is 1. The molecule has 2 unspecified atom stereocenters. The Bertz CT molecular complexity index is 784. The highest BCUT2D eigenvalue weighted by molar-refractivity contribution is 5.37. The quantitative estimate of drug-likeness (QED) is 0.744. The third kappa shape index (κ3) is 4.82. The van der Waals surface area contributed by atoms with E-state index in [1.54, 1.807) is 7.11 Å². The van der Waals surface area contributed by atoms with Gasteiger partial charge in [-0.15, -0.1) is 0 Å². The molecule has 0 amide bonds. The van der Waals surface area contributed by atoms with Crippen LogP contribution in [0.25, 0.3) is 0 Å². The average Bonchev–Trinajstić information content (AvgIpc) is 3.13. The molecule has 6 heteroatoms. The molecule has 146 valence electrons. The van der Waals surface area contributed by atoms with Crippen LogP contribution in [0.5, 0.6) is 5.75 Å². The fourth-order valence-electron chi connectivity index (χ4n) is 3.75. The van der Waals surface area contributed by atoms with Crippen molar-refractivity contribution in [2.75, 3.05) is 26.7 Å². The Labute approximate surface area is 157 Å². The molecule has 2 aromatic rings. The highest BCUT2D eigenvalue weighted by atomic mass is 19.2. The number of nitrogens with two attached hydrogens (primary N) is 1. The molecule has 1 aliphatic rings. The molecule has 0 bridgehead atoms. The summed E-state index contributed by atoms with van der Waals surface area (Å²) in [6.45, 7) is 2.68. The molecule has 1 fully saturated rings. The summed E-state index contributed by atoms with van der Waals surface area (Å²) < 4.78 is 45.5. The first-order chi connectivity index (χ1) is 13.0. The van der Waals surface area contributed by atoms with E-state index >= 15 is 0 Å². The maximum atomic E-state index is 13.8. The van der Waals surface area contributed by atoms with E-state index in [4.69, 9.17) is 10.5 Å². The van der Waals surface area contributed by atoms with Crippen molar-refractivity contribution in [3.63, 3.8) is 0 Å². The average molecular weight is 378 g/mol. The maximum Gasteiger partial charge on any atom is 0.161 e. The number of likely N-dealkylation sites (tertiary alicyclic amines) is 1. The molecule has 3 nitrogen and oxygen atoms in total. The Morgan fingerprint density at radius 2 is 1.89 bits per heavy atom. The van der Waals surface area contributed by atoms with Crippen molar-refractivity contribution < 1.29 is 17.9 Å².